The number of phenols is 1. The first-order chi connectivity index (χ1) is 10.9. The topological polar surface area (TPSA) is 52.0 Å². The number of nitrogens with zero attached hydrogens (tertiary/aromatic N) is 2. The predicted octanol–water partition coefficient (Wildman–Crippen LogP) is 5.44. The lowest BCUT2D eigenvalue weighted by atomic mass is 10.1. The Morgan fingerprint density at radius 3 is 2.00 bits per heavy atom. The maximum atomic E-state index is 11.3. The molecule has 0 bridgehead atoms. The summed E-state index contributed by atoms with van der Waals surface area (Å²) in [7, 11) is 0. The molecule has 0 spiro atoms. The van der Waals surface area contributed by atoms with Crippen LogP contribution in [0.4, 0.5) is 11.4 Å². The van der Waals surface area contributed by atoms with Crippen LogP contribution in [-0.4, -0.2) is 5.11 Å². The van der Waals surface area contributed by atoms with E-state index in [0.717, 1.165) is 0 Å². The number of phenolic OH excluding ortho intramolecular Hbond substituents is 1. The zero-order valence-corrected chi connectivity index (χ0v) is 13.9. The largest absolute Gasteiger partial charge is 0.881 e. The third-order valence-electron chi connectivity index (χ3n) is 2.90. The highest BCUT2D eigenvalue weighted by Gasteiger charge is 2.17. The van der Waals surface area contributed by atoms with E-state index in [-0.39, 0.29) is 0 Å². The molecular weight excluding hydrogens is 335 g/mol. The van der Waals surface area contributed by atoms with E-state index in [2.05, 4.69) is 47.3 Å². The van der Waals surface area contributed by atoms with Crippen molar-refractivity contribution in [1.82, 2.24) is 0 Å². The van der Waals surface area contributed by atoms with E-state index in [0.29, 0.717) is 0 Å². The second kappa shape index (κ2) is 8.19. The van der Waals surface area contributed by atoms with Gasteiger partial charge >= 0.3 is 0 Å². The van der Waals surface area contributed by atoms with Crippen molar-refractivity contribution in [3.63, 3.8) is 0 Å². The minimum atomic E-state index is -0.838. The van der Waals surface area contributed by atoms with Crippen LogP contribution in [0, 0.1) is 26.5 Å². The molecule has 0 atom stereocenters. The zero-order chi connectivity index (χ0) is 17.6. The maximum absolute atomic E-state index is 11.3. The van der Waals surface area contributed by atoms with Crippen LogP contribution in [0.3, 0.4) is 0 Å². The van der Waals surface area contributed by atoms with E-state index in [1.54, 1.807) is 0 Å². The number of hydrogen-bond donors (Lipinski definition) is 1. The molecule has 0 unspecified atom stereocenters. The molecule has 2 aromatic rings. The van der Waals surface area contributed by atoms with Gasteiger partial charge in [-0.05, 0) is 24.6 Å². The molecule has 0 amide bonds. The van der Waals surface area contributed by atoms with E-state index < -0.39 is 32.9 Å². The molecule has 0 aliphatic carbocycles. The smallest absolute Gasteiger partial charge is 0.236 e. The van der Waals surface area contributed by atoms with Gasteiger partial charge in [-0.2, -0.15) is 0 Å². The van der Waals surface area contributed by atoms with Gasteiger partial charge in [0.05, 0.1) is 18.2 Å². The van der Waals surface area contributed by atoms with Gasteiger partial charge in [0, 0.05) is 30.5 Å². The Balaban J connectivity index is 0.000000253. The number of rotatable bonds is 1. The van der Waals surface area contributed by atoms with Crippen LogP contribution < -0.4 is 5.11 Å². The number of aromatic hydroxyl groups is 1. The van der Waals surface area contributed by atoms with Crippen LogP contribution in [0.2, 0.25) is 10.0 Å². The van der Waals surface area contributed by atoms with Crippen LogP contribution >= 0.6 is 23.2 Å². The molecule has 116 valence electrons. The van der Waals surface area contributed by atoms with Gasteiger partial charge in [-0.3, -0.25) is 4.85 Å². The first kappa shape index (κ1) is 18.5. The van der Waals surface area contributed by atoms with Gasteiger partial charge in [-0.15, -0.1) is 0 Å². The third-order valence-corrected chi connectivity index (χ3v) is 3.72. The lowest BCUT2D eigenvalue weighted by Crippen LogP contribution is -1.92. The molecule has 0 radical (unpaired) electrons. The fourth-order valence-electron chi connectivity index (χ4n) is 1.60. The minimum absolute atomic E-state index is 0.393. The van der Waals surface area contributed by atoms with Gasteiger partial charge in [0.25, 0.3) is 0 Å². The summed E-state index contributed by atoms with van der Waals surface area (Å²) in [5, 5.41) is 19.7. The van der Waals surface area contributed by atoms with Crippen LogP contribution in [0.5, 0.6) is 11.5 Å². The van der Waals surface area contributed by atoms with Crippen molar-refractivity contribution in [3.05, 3.63) is 74.7 Å². The van der Waals surface area contributed by atoms with Gasteiger partial charge in [0.2, 0.25) is 5.69 Å². The molecule has 0 aliphatic rings. The van der Waals surface area contributed by atoms with Gasteiger partial charge in [-0.1, -0.05) is 29.0 Å². The van der Waals surface area contributed by atoms with Gasteiger partial charge < -0.3 is 10.2 Å². The van der Waals surface area contributed by atoms with E-state index in [1.807, 2.05) is 6.92 Å². The zero-order valence-electron chi connectivity index (χ0n) is 12.4. The highest BCUT2D eigenvalue weighted by Crippen LogP contribution is 2.51. The summed E-state index contributed by atoms with van der Waals surface area (Å²) in [5.41, 5.74) is 1.65. The Labute approximate surface area is 145 Å². The second-order valence-electron chi connectivity index (χ2n) is 4.43. The normalized spacial score (nSPS) is 9.13. The molecule has 4 nitrogen and oxygen atoms in total. The number of hydrogen-bond acceptors (Lipinski definition) is 2. The lowest BCUT2D eigenvalue weighted by molar-refractivity contribution is -0.266. The quantitative estimate of drug-likeness (QED) is 0.698. The molecule has 0 aromatic heterocycles. The Hall–Kier alpha value is -2.53. The standard InChI is InChI=1S/C9H11.C8H2Cl2N2O2/c1-3-9-6-4-8(2)5-7-9;1-11-5-6(12-2)8(14)4(10)3(9)7(5)13/h3-7H,1-2H3;13-14H/q+1;/p-1. The highest BCUT2D eigenvalue weighted by molar-refractivity contribution is 6.44. The summed E-state index contributed by atoms with van der Waals surface area (Å²) in [4.78, 5) is 5.67. The van der Waals surface area contributed by atoms with Crippen molar-refractivity contribution < 1.29 is 10.2 Å². The summed E-state index contributed by atoms with van der Waals surface area (Å²) in [6.07, 6.45) is 2.10. The van der Waals surface area contributed by atoms with Gasteiger partial charge in [-0.25, -0.2) is 4.85 Å². The Kier molecular flexibility index (Phi) is 6.60. The van der Waals surface area contributed by atoms with E-state index >= 15 is 0 Å². The molecule has 0 saturated heterocycles. The van der Waals surface area contributed by atoms with Gasteiger partial charge in [0.1, 0.15) is 11.3 Å². The maximum Gasteiger partial charge on any atom is 0.236 e. The van der Waals surface area contributed by atoms with E-state index in [9.17, 15) is 10.2 Å². The Morgan fingerprint density at radius 1 is 1.04 bits per heavy atom. The number of aryl methyl sites for hydroxylation is 1. The SMILES string of the molecule is C[CH+]c1ccc(C)cc1.[C-]#[N+]c1c([O-])c(Cl)c(Cl)c(O)c1[N+]#[C-]. The fourth-order valence-corrected chi connectivity index (χ4v) is 1.95. The fraction of sp³-hybridized carbons (Fsp3) is 0.118. The number of benzene rings is 2. The van der Waals surface area contributed by atoms with E-state index in [1.165, 1.54) is 11.1 Å². The van der Waals surface area contributed by atoms with Crippen LogP contribution in [0.1, 0.15) is 18.1 Å². The average Bonchev–Trinajstić information content (AvgIpc) is 2.57. The van der Waals surface area contributed by atoms with Crippen molar-refractivity contribution >= 4 is 34.6 Å². The molecule has 2 aromatic carbocycles. The second-order valence-corrected chi connectivity index (χ2v) is 5.18. The van der Waals surface area contributed by atoms with Crippen LogP contribution in [0.25, 0.3) is 9.69 Å². The summed E-state index contributed by atoms with van der Waals surface area (Å²) >= 11 is 10.9. The van der Waals surface area contributed by atoms with Crippen LogP contribution in [-0.2, 0) is 0 Å². The molecule has 1 N–H and O–H groups in total. The number of halogens is 2. The molecule has 0 aliphatic heterocycles. The van der Waals surface area contributed by atoms with Crippen molar-refractivity contribution in [2.75, 3.05) is 0 Å². The molecule has 6 heteroatoms. The molecule has 0 saturated carbocycles. The first-order valence-electron chi connectivity index (χ1n) is 6.39. The van der Waals surface area contributed by atoms with Crippen molar-refractivity contribution in [2.24, 2.45) is 0 Å². The summed E-state index contributed by atoms with van der Waals surface area (Å²) in [6.45, 7) is 17.5. The molecule has 2 rings (SSSR count). The third kappa shape index (κ3) is 4.23. The van der Waals surface area contributed by atoms with Crippen molar-refractivity contribution in [2.45, 2.75) is 13.8 Å². The predicted molar refractivity (Wildman–Crippen MR) is 90.4 cm³/mol. The highest BCUT2D eigenvalue weighted by atomic mass is 35.5. The van der Waals surface area contributed by atoms with Crippen molar-refractivity contribution in [3.8, 4) is 11.5 Å². The molecular formula is C17H12Cl2N2O2. The molecule has 0 heterocycles. The average molecular weight is 347 g/mol. The molecule has 0 fully saturated rings. The minimum Gasteiger partial charge on any atom is -0.881 e. The monoisotopic (exact) mass is 346 g/mol. The first-order valence-corrected chi connectivity index (χ1v) is 7.14. The summed E-state index contributed by atoms with van der Waals surface area (Å²) in [5.74, 6) is -1.47. The Bertz CT molecular complexity index is 743. The summed E-state index contributed by atoms with van der Waals surface area (Å²) < 4.78 is 0. The van der Waals surface area contributed by atoms with E-state index in [4.69, 9.17) is 36.3 Å². The summed E-state index contributed by atoms with van der Waals surface area (Å²) in [6, 6.07) is 8.48. The van der Waals surface area contributed by atoms with Crippen molar-refractivity contribution in [1.29, 1.82) is 0 Å². The van der Waals surface area contributed by atoms with Crippen LogP contribution in [0.15, 0.2) is 24.3 Å². The van der Waals surface area contributed by atoms with Gasteiger partial charge in [0.15, 0.2) is 5.69 Å². The lowest BCUT2D eigenvalue weighted by Gasteiger charge is -2.15. The molecule has 23 heavy (non-hydrogen) atoms. The Morgan fingerprint density at radius 2 is 1.57 bits per heavy atom.